The molecule has 0 saturated heterocycles. The van der Waals surface area contributed by atoms with Gasteiger partial charge in [0, 0.05) is 0 Å². The van der Waals surface area contributed by atoms with Gasteiger partial charge >= 0.3 is 0 Å². The first-order valence-corrected chi connectivity index (χ1v) is 6.42. The average Bonchev–Trinajstić information content (AvgIpc) is 2.92. The number of hydrazine groups is 1. The second-order valence-corrected chi connectivity index (χ2v) is 4.71. The Hall–Kier alpha value is -2.27. The van der Waals surface area contributed by atoms with Gasteiger partial charge in [0.05, 0.1) is 11.8 Å². The number of hydrogen-bond acceptors (Lipinski definition) is 4. The van der Waals surface area contributed by atoms with Crippen LogP contribution in [0.25, 0.3) is 0 Å². The van der Waals surface area contributed by atoms with Crippen LogP contribution < -0.4 is 16.0 Å². The fourth-order valence-electron chi connectivity index (χ4n) is 1.96. The van der Waals surface area contributed by atoms with E-state index in [-0.39, 0.29) is 6.61 Å². The predicted molar refractivity (Wildman–Crippen MR) is 75.2 cm³/mol. The molecule has 1 aromatic carbocycles. The topological polar surface area (TPSA) is 77.5 Å². The largest absolute Gasteiger partial charge is 0.485 e. The molecule has 0 atom stereocenters. The molecule has 0 spiro atoms. The van der Waals surface area contributed by atoms with Crippen LogP contribution >= 0.6 is 0 Å². The molecule has 1 amide bonds. The number of rotatable bonds is 5. The maximum absolute atomic E-state index is 11.5. The van der Waals surface area contributed by atoms with Crippen molar-refractivity contribution in [3.8, 4) is 5.75 Å². The highest BCUT2D eigenvalue weighted by molar-refractivity contribution is 5.94. The third-order valence-corrected chi connectivity index (χ3v) is 3.02. The van der Waals surface area contributed by atoms with Crippen molar-refractivity contribution in [1.82, 2.24) is 5.43 Å². The van der Waals surface area contributed by atoms with E-state index < -0.39 is 5.91 Å². The third-order valence-electron chi connectivity index (χ3n) is 3.02. The Balaban J connectivity index is 2.14. The number of furan rings is 1. The number of nitrogens with two attached hydrogens (primary N) is 1. The average molecular weight is 274 g/mol. The first-order chi connectivity index (χ1) is 9.63. The maximum Gasteiger partial charge on any atom is 0.268 e. The summed E-state index contributed by atoms with van der Waals surface area (Å²) < 4.78 is 11.0. The van der Waals surface area contributed by atoms with Crippen LogP contribution in [-0.4, -0.2) is 5.91 Å². The Morgan fingerprint density at radius 1 is 1.35 bits per heavy atom. The lowest BCUT2D eigenvalue weighted by atomic mass is 10.0. The predicted octanol–water partition coefficient (Wildman–Crippen LogP) is 2.59. The molecule has 2 aromatic rings. The molecule has 0 fully saturated rings. The van der Waals surface area contributed by atoms with Crippen molar-refractivity contribution in [2.75, 3.05) is 0 Å². The molecule has 106 valence electrons. The zero-order valence-corrected chi connectivity index (χ0v) is 11.6. The first kappa shape index (κ1) is 14.1. The van der Waals surface area contributed by atoms with Gasteiger partial charge in [0.2, 0.25) is 0 Å². The molecule has 5 nitrogen and oxygen atoms in total. The Morgan fingerprint density at radius 3 is 2.80 bits per heavy atom. The molecule has 1 heterocycles. The van der Waals surface area contributed by atoms with E-state index in [1.54, 1.807) is 6.07 Å². The molecule has 0 aliphatic rings. The van der Waals surface area contributed by atoms with Crippen LogP contribution in [0.2, 0.25) is 0 Å². The van der Waals surface area contributed by atoms with Crippen LogP contribution in [-0.2, 0) is 6.61 Å². The standard InChI is InChI=1S/C15H18N2O3/c1-10(2)11-5-3-4-6-13(11)20-9-14-12(7-8-19-14)15(18)17-16/h3-8,10H,9,16H2,1-2H3,(H,17,18). The smallest absolute Gasteiger partial charge is 0.268 e. The minimum absolute atomic E-state index is 0.180. The summed E-state index contributed by atoms with van der Waals surface area (Å²) in [4.78, 5) is 11.5. The fourth-order valence-corrected chi connectivity index (χ4v) is 1.96. The summed E-state index contributed by atoms with van der Waals surface area (Å²) in [5.74, 6) is 6.32. The minimum Gasteiger partial charge on any atom is -0.485 e. The lowest BCUT2D eigenvalue weighted by molar-refractivity contribution is 0.0949. The van der Waals surface area contributed by atoms with Gasteiger partial charge in [0.25, 0.3) is 5.91 Å². The number of para-hydroxylation sites is 1. The van der Waals surface area contributed by atoms with E-state index in [0.29, 0.717) is 17.2 Å². The van der Waals surface area contributed by atoms with Gasteiger partial charge in [0.15, 0.2) is 5.76 Å². The molecule has 3 N–H and O–H groups in total. The maximum atomic E-state index is 11.5. The van der Waals surface area contributed by atoms with Gasteiger partial charge in [-0.3, -0.25) is 10.2 Å². The van der Waals surface area contributed by atoms with Gasteiger partial charge in [-0.15, -0.1) is 0 Å². The van der Waals surface area contributed by atoms with Crippen molar-refractivity contribution in [2.45, 2.75) is 26.4 Å². The van der Waals surface area contributed by atoms with Gasteiger partial charge in [-0.1, -0.05) is 32.0 Å². The van der Waals surface area contributed by atoms with Crippen LogP contribution in [0.4, 0.5) is 0 Å². The van der Waals surface area contributed by atoms with Gasteiger partial charge < -0.3 is 9.15 Å². The van der Waals surface area contributed by atoms with Crippen LogP contribution in [0.1, 0.15) is 41.4 Å². The number of nitrogen functional groups attached to an aromatic ring is 1. The molecule has 0 radical (unpaired) electrons. The number of carbonyl (C=O) groups is 1. The molecule has 2 rings (SSSR count). The highest BCUT2D eigenvalue weighted by Gasteiger charge is 2.15. The van der Waals surface area contributed by atoms with E-state index in [9.17, 15) is 4.79 Å². The van der Waals surface area contributed by atoms with E-state index in [4.69, 9.17) is 15.0 Å². The minimum atomic E-state index is -0.394. The highest BCUT2D eigenvalue weighted by Crippen LogP contribution is 2.27. The van der Waals surface area contributed by atoms with E-state index >= 15 is 0 Å². The summed E-state index contributed by atoms with van der Waals surface area (Å²) in [7, 11) is 0. The molecular weight excluding hydrogens is 256 g/mol. The molecule has 0 aliphatic heterocycles. The van der Waals surface area contributed by atoms with Crippen molar-refractivity contribution in [3.63, 3.8) is 0 Å². The van der Waals surface area contributed by atoms with Crippen molar-refractivity contribution in [3.05, 3.63) is 53.5 Å². The molecule has 0 aliphatic carbocycles. The second kappa shape index (κ2) is 6.25. The number of carbonyl (C=O) groups excluding carboxylic acids is 1. The molecule has 0 saturated carbocycles. The van der Waals surface area contributed by atoms with Gasteiger partial charge in [-0.25, -0.2) is 5.84 Å². The van der Waals surface area contributed by atoms with E-state index in [0.717, 1.165) is 11.3 Å². The second-order valence-electron chi connectivity index (χ2n) is 4.71. The first-order valence-electron chi connectivity index (χ1n) is 6.42. The van der Waals surface area contributed by atoms with E-state index in [2.05, 4.69) is 19.3 Å². The van der Waals surface area contributed by atoms with Gasteiger partial charge in [-0.05, 0) is 23.6 Å². The Bertz CT molecular complexity index is 590. The summed E-state index contributed by atoms with van der Waals surface area (Å²) in [5.41, 5.74) is 3.58. The van der Waals surface area contributed by atoms with E-state index in [1.165, 1.54) is 6.26 Å². The third kappa shape index (κ3) is 3.00. The monoisotopic (exact) mass is 274 g/mol. The Kier molecular flexibility index (Phi) is 4.42. The van der Waals surface area contributed by atoms with Crippen LogP contribution in [0.15, 0.2) is 41.0 Å². The summed E-state index contributed by atoms with van der Waals surface area (Å²) in [6.45, 7) is 4.38. The SMILES string of the molecule is CC(C)c1ccccc1OCc1occc1C(=O)NN. The Labute approximate surface area is 117 Å². The summed E-state index contributed by atoms with van der Waals surface area (Å²) in [5, 5.41) is 0. The van der Waals surface area contributed by atoms with Crippen LogP contribution in [0.5, 0.6) is 5.75 Å². The molecule has 20 heavy (non-hydrogen) atoms. The fraction of sp³-hybridized carbons (Fsp3) is 0.267. The number of hydrogen-bond donors (Lipinski definition) is 2. The number of amides is 1. The molecule has 0 unspecified atom stereocenters. The zero-order valence-electron chi connectivity index (χ0n) is 11.6. The molecular formula is C15H18N2O3. The van der Waals surface area contributed by atoms with Gasteiger partial charge in [0.1, 0.15) is 12.4 Å². The quantitative estimate of drug-likeness (QED) is 0.499. The number of nitrogens with one attached hydrogen (secondary N) is 1. The van der Waals surface area contributed by atoms with Crippen molar-refractivity contribution in [1.29, 1.82) is 0 Å². The normalized spacial score (nSPS) is 10.6. The van der Waals surface area contributed by atoms with Crippen molar-refractivity contribution in [2.24, 2.45) is 5.84 Å². The number of ether oxygens (including phenoxy) is 1. The summed E-state index contributed by atoms with van der Waals surface area (Å²) >= 11 is 0. The Morgan fingerprint density at radius 2 is 2.10 bits per heavy atom. The number of benzene rings is 1. The van der Waals surface area contributed by atoms with Crippen LogP contribution in [0.3, 0.4) is 0 Å². The van der Waals surface area contributed by atoms with Crippen molar-refractivity contribution >= 4 is 5.91 Å². The highest BCUT2D eigenvalue weighted by atomic mass is 16.5. The van der Waals surface area contributed by atoms with Crippen molar-refractivity contribution < 1.29 is 13.9 Å². The van der Waals surface area contributed by atoms with Crippen LogP contribution in [0, 0.1) is 0 Å². The van der Waals surface area contributed by atoms with E-state index in [1.807, 2.05) is 24.3 Å². The molecule has 1 aromatic heterocycles. The van der Waals surface area contributed by atoms with Gasteiger partial charge in [-0.2, -0.15) is 0 Å². The molecule has 0 bridgehead atoms. The summed E-state index contributed by atoms with van der Waals surface area (Å²) in [6.07, 6.45) is 1.44. The molecule has 5 heteroatoms. The zero-order chi connectivity index (χ0) is 14.5. The summed E-state index contributed by atoms with van der Waals surface area (Å²) in [6, 6.07) is 9.38. The lowest BCUT2D eigenvalue weighted by Gasteiger charge is -2.13. The lowest BCUT2D eigenvalue weighted by Crippen LogP contribution is -2.30.